The van der Waals surface area contributed by atoms with Crippen molar-refractivity contribution in [2.75, 3.05) is 6.54 Å². The predicted octanol–water partition coefficient (Wildman–Crippen LogP) is 1.77. The van der Waals surface area contributed by atoms with E-state index in [9.17, 15) is 10.2 Å². The third-order valence-electron chi connectivity index (χ3n) is 5.56. The van der Waals surface area contributed by atoms with Gasteiger partial charge in [0.25, 0.3) is 0 Å². The first-order chi connectivity index (χ1) is 8.47. The monoisotopic (exact) mass is 253 g/mol. The number of piperidine rings is 1. The van der Waals surface area contributed by atoms with E-state index in [1.54, 1.807) is 0 Å². The molecule has 2 unspecified atom stereocenters. The summed E-state index contributed by atoms with van der Waals surface area (Å²) >= 11 is 0. The van der Waals surface area contributed by atoms with Gasteiger partial charge in [0, 0.05) is 18.6 Å². The van der Waals surface area contributed by atoms with Crippen LogP contribution in [0.15, 0.2) is 0 Å². The third-order valence-corrected chi connectivity index (χ3v) is 5.56. The van der Waals surface area contributed by atoms with E-state index in [1.165, 1.54) is 12.8 Å². The van der Waals surface area contributed by atoms with E-state index in [2.05, 4.69) is 18.7 Å². The molecule has 3 aliphatic rings. The molecule has 0 aromatic rings. The van der Waals surface area contributed by atoms with Gasteiger partial charge in [-0.15, -0.1) is 0 Å². The van der Waals surface area contributed by atoms with Gasteiger partial charge in [0.15, 0.2) is 0 Å². The number of rotatable bonds is 3. The summed E-state index contributed by atoms with van der Waals surface area (Å²) in [5, 5.41) is 20.4. The van der Waals surface area contributed by atoms with Crippen molar-refractivity contribution in [3.05, 3.63) is 0 Å². The topological polar surface area (TPSA) is 43.7 Å². The Kier molecular flexibility index (Phi) is 3.20. The van der Waals surface area contributed by atoms with Gasteiger partial charge in [-0.25, -0.2) is 0 Å². The van der Waals surface area contributed by atoms with E-state index in [1.807, 2.05) is 0 Å². The maximum Gasteiger partial charge on any atom is 0.0779 e. The molecular formula is C15H27NO2. The van der Waals surface area contributed by atoms with Crippen molar-refractivity contribution in [3.63, 3.8) is 0 Å². The van der Waals surface area contributed by atoms with Crippen LogP contribution in [0.25, 0.3) is 0 Å². The molecule has 1 aliphatic carbocycles. The van der Waals surface area contributed by atoms with Gasteiger partial charge in [0.2, 0.25) is 0 Å². The molecule has 18 heavy (non-hydrogen) atoms. The largest absolute Gasteiger partial charge is 0.393 e. The zero-order valence-electron chi connectivity index (χ0n) is 11.7. The van der Waals surface area contributed by atoms with Gasteiger partial charge >= 0.3 is 0 Å². The Morgan fingerprint density at radius 2 is 1.72 bits per heavy atom. The second-order valence-corrected chi connectivity index (χ2v) is 7.32. The normalized spacial score (nSPS) is 48.5. The van der Waals surface area contributed by atoms with Gasteiger partial charge in [-0.05, 0) is 50.4 Å². The Morgan fingerprint density at radius 3 is 2.22 bits per heavy atom. The van der Waals surface area contributed by atoms with Gasteiger partial charge in [-0.3, -0.25) is 4.90 Å². The summed E-state index contributed by atoms with van der Waals surface area (Å²) in [4.78, 5) is 2.50. The van der Waals surface area contributed by atoms with Crippen LogP contribution in [0.2, 0.25) is 0 Å². The van der Waals surface area contributed by atoms with Crippen molar-refractivity contribution >= 4 is 0 Å². The Morgan fingerprint density at radius 1 is 1.17 bits per heavy atom. The lowest BCUT2D eigenvalue weighted by molar-refractivity contribution is -0.120. The molecule has 2 N–H and O–H groups in total. The molecule has 2 bridgehead atoms. The van der Waals surface area contributed by atoms with Crippen LogP contribution in [-0.4, -0.2) is 45.4 Å². The van der Waals surface area contributed by atoms with Crippen molar-refractivity contribution < 1.29 is 10.2 Å². The van der Waals surface area contributed by atoms with E-state index in [-0.39, 0.29) is 6.10 Å². The molecule has 2 aliphatic heterocycles. The molecule has 3 atom stereocenters. The maximum atomic E-state index is 10.6. The van der Waals surface area contributed by atoms with Crippen LogP contribution < -0.4 is 0 Å². The van der Waals surface area contributed by atoms with Gasteiger partial charge in [0.05, 0.1) is 11.7 Å². The Balaban J connectivity index is 1.58. The van der Waals surface area contributed by atoms with Crippen LogP contribution in [-0.2, 0) is 0 Å². The van der Waals surface area contributed by atoms with Crippen molar-refractivity contribution in [3.8, 4) is 0 Å². The average Bonchev–Trinajstić information content (AvgIpc) is 2.47. The SMILES string of the molecule is CC(C)C1CC(O)(CN2C3CC[C@@H]2CC(O)C3)C1. The fraction of sp³-hybridized carbons (Fsp3) is 1.00. The maximum absolute atomic E-state index is 10.6. The first-order valence-corrected chi connectivity index (χ1v) is 7.63. The van der Waals surface area contributed by atoms with Crippen molar-refractivity contribution in [2.45, 2.75) is 76.2 Å². The number of hydrogen-bond acceptors (Lipinski definition) is 3. The lowest BCUT2D eigenvalue weighted by atomic mass is 9.66. The van der Waals surface area contributed by atoms with Crippen LogP contribution >= 0.6 is 0 Å². The molecule has 2 heterocycles. The highest BCUT2D eigenvalue weighted by Crippen LogP contribution is 2.45. The molecule has 2 saturated heterocycles. The Hall–Kier alpha value is -0.120. The van der Waals surface area contributed by atoms with E-state index in [0.717, 1.165) is 32.2 Å². The van der Waals surface area contributed by atoms with Gasteiger partial charge in [0.1, 0.15) is 0 Å². The molecule has 1 saturated carbocycles. The molecule has 0 amide bonds. The van der Waals surface area contributed by atoms with E-state index in [4.69, 9.17) is 0 Å². The standard InChI is InChI=1S/C15H27NO2/c1-10(2)11-7-15(18,8-11)9-16-12-3-4-13(16)6-14(17)5-12/h10-14,17-18H,3-9H2,1-2H3/t11?,12-,13?,14?,15?/m1/s1. The summed E-state index contributed by atoms with van der Waals surface area (Å²) in [6, 6.07) is 1.06. The second kappa shape index (κ2) is 4.46. The number of aliphatic hydroxyl groups is 2. The number of nitrogens with zero attached hydrogens (tertiary/aromatic N) is 1. The van der Waals surface area contributed by atoms with E-state index in [0.29, 0.717) is 23.9 Å². The van der Waals surface area contributed by atoms with Crippen molar-refractivity contribution in [1.29, 1.82) is 0 Å². The summed E-state index contributed by atoms with van der Waals surface area (Å²) in [7, 11) is 0. The molecule has 0 aromatic carbocycles. The highest BCUT2D eigenvalue weighted by atomic mass is 16.3. The molecule has 3 heteroatoms. The van der Waals surface area contributed by atoms with Gasteiger partial charge in [-0.1, -0.05) is 13.8 Å². The van der Waals surface area contributed by atoms with Crippen molar-refractivity contribution in [1.82, 2.24) is 4.90 Å². The van der Waals surface area contributed by atoms with Crippen LogP contribution in [0.5, 0.6) is 0 Å². The first-order valence-electron chi connectivity index (χ1n) is 7.63. The number of hydrogen-bond donors (Lipinski definition) is 2. The average molecular weight is 253 g/mol. The van der Waals surface area contributed by atoms with Gasteiger partial charge in [-0.2, -0.15) is 0 Å². The summed E-state index contributed by atoms with van der Waals surface area (Å²) in [5.74, 6) is 1.41. The highest BCUT2D eigenvalue weighted by Gasteiger charge is 2.49. The predicted molar refractivity (Wildman–Crippen MR) is 71.3 cm³/mol. The van der Waals surface area contributed by atoms with Crippen LogP contribution in [0, 0.1) is 11.8 Å². The zero-order valence-corrected chi connectivity index (χ0v) is 11.7. The minimum atomic E-state index is -0.432. The quantitative estimate of drug-likeness (QED) is 0.805. The van der Waals surface area contributed by atoms with Crippen LogP contribution in [0.1, 0.15) is 52.4 Å². The second-order valence-electron chi connectivity index (χ2n) is 7.32. The lowest BCUT2D eigenvalue weighted by Gasteiger charge is -2.50. The molecular weight excluding hydrogens is 226 g/mol. The summed E-state index contributed by atoms with van der Waals surface area (Å²) in [6.45, 7) is 5.36. The molecule has 3 fully saturated rings. The molecule has 3 rings (SSSR count). The van der Waals surface area contributed by atoms with Crippen LogP contribution in [0.3, 0.4) is 0 Å². The van der Waals surface area contributed by atoms with E-state index < -0.39 is 5.60 Å². The Bertz CT molecular complexity index is 298. The fourth-order valence-corrected chi connectivity index (χ4v) is 4.36. The van der Waals surface area contributed by atoms with E-state index >= 15 is 0 Å². The minimum Gasteiger partial charge on any atom is -0.393 e. The fourth-order valence-electron chi connectivity index (χ4n) is 4.36. The molecule has 3 nitrogen and oxygen atoms in total. The first kappa shape index (κ1) is 12.9. The highest BCUT2D eigenvalue weighted by molar-refractivity contribution is 5.03. The smallest absolute Gasteiger partial charge is 0.0779 e. The molecule has 0 spiro atoms. The van der Waals surface area contributed by atoms with Crippen LogP contribution in [0.4, 0.5) is 0 Å². The zero-order chi connectivity index (χ0) is 12.9. The third kappa shape index (κ3) is 2.21. The molecule has 104 valence electrons. The molecule has 0 radical (unpaired) electrons. The summed E-state index contributed by atoms with van der Waals surface area (Å²) in [5.41, 5.74) is -0.432. The lowest BCUT2D eigenvalue weighted by Crippen LogP contribution is -2.57. The Labute approximate surface area is 110 Å². The van der Waals surface area contributed by atoms with Gasteiger partial charge < -0.3 is 10.2 Å². The minimum absolute atomic E-state index is 0.0989. The number of fused-ring (bicyclic) bond motifs is 2. The van der Waals surface area contributed by atoms with Crippen molar-refractivity contribution in [2.24, 2.45) is 11.8 Å². The molecule has 0 aromatic heterocycles. The summed E-state index contributed by atoms with van der Waals surface area (Å²) in [6.07, 6.45) is 6.11. The summed E-state index contributed by atoms with van der Waals surface area (Å²) < 4.78 is 0. The number of aliphatic hydroxyl groups excluding tert-OH is 1.